The molecule has 6 heteroatoms. The molecule has 2 fully saturated rings. The molecule has 2 heterocycles. The largest absolute Gasteiger partial charge is 0.325 e. The molecule has 0 bridgehead atoms. The molecule has 2 aliphatic heterocycles. The van der Waals surface area contributed by atoms with Gasteiger partial charge in [0.25, 0.3) is 0 Å². The Labute approximate surface area is 145 Å². The number of amides is 1. The Morgan fingerprint density at radius 1 is 1.43 bits per heavy atom. The average Bonchev–Trinajstić information content (AvgIpc) is 3.00. The summed E-state index contributed by atoms with van der Waals surface area (Å²) < 4.78 is 1.14. The molecule has 0 radical (unpaired) electrons. The van der Waals surface area contributed by atoms with Crippen molar-refractivity contribution in [3.8, 4) is 0 Å². The number of nitrogens with one attached hydrogen (secondary N) is 2. The van der Waals surface area contributed by atoms with Gasteiger partial charge in [-0.2, -0.15) is 0 Å². The lowest BCUT2D eigenvalue weighted by molar-refractivity contribution is -0.117. The van der Waals surface area contributed by atoms with E-state index in [1.807, 2.05) is 24.3 Å². The highest BCUT2D eigenvalue weighted by Gasteiger charge is 2.40. The van der Waals surface area contributed by atoms with Crippen molar-refractivity contribution < 1.29 is 4.79 Å². The molecule has 21 heavy (non-hydrogen) atoms. The highest BCUT2D eigenvalue weighted by atomic mass is 127. The number of halogens is 2. The van der Waals surface area contributed by atoms with Gasteiger partial charge in [-0.15, -0.1) is 12.4 Å². The van der Waals surface area contributed by atoms with E-state index in [1.54, 1.807) is 0 Å². The van der Waals surface area contributed by atoms with Gasteiger partial charge in [-0.05, 0) is 72.1 Å². The third-order valence-electron chi connectivity index (χ3n) is 4.33. The van der Waals surface area contributed by atoms with Crippen LogP contribution in [-0.2, 0) is 4.79 Å². The van der Waals surface area contributed by atoms with E-state index in [-0.39, 0.29) is 18.3 Å². The third-order valence-corrected chi connectivity index (χ3v) is 5.00. The zero-order chi connectivity index (χ0) is 14.0. The summed E-state index contributed by atoms with van der Waals surface area (Å²) >= 11 is 2.26. The van der Waals surface area contributed by atoms with Gasteiger partial charge in [-0.25, -0.2) is 0 Å². The van der Waals surface area contributed by atoms with Crippen molar-refractivity contribution >= 4 is 46.6 Å². The lowest BCUT2D eigenvalue weighted by atomic mass is 9.87. The van der Waals surface area contributed by atoms with Gasteiger partial charge in [0.05, 0.1) is 6.54 Å². The van der Waals surface area contributed by atoms with E-state index in [2.05, 4.69) is 38.1 Å². The molecule has 1 spiro atoms. The number of nitrogens with zero attached hydrogens (tertiary/aromatic N) is 1. The molecule has 2 saturated heterocycles. The summed E-state index contributed by atoms with van der Waals surface area (Å²) in [5, 5.41) is 6.43. The second kappa shape index (κ2) is 7.26. The van der Waals surface area contributed by atoms with Crippen LogP contribution in [0.15, 0.2) is 24.3 Å². The van der Waals surface area contributed by atoms with Gasteiger partial charge in [0.1, 0.15) is 0 Å². The first kappa shape index (κ1) is 17.0. The fourth-order valence-corrected chi connectivity index (χ4v) is 3.82. The Morgan fingerprint density at radius 3 is 3.00 bits per heavy atom. The summed E-state index contributed by atoms with van der Waals surface area (Å²) in [6.07, 6.45) is 2.47. The quantitative estimate of drug-likeness (QED) is 0.737. The first-order valence-electron chi connectivity index (χ1n) is 7.14. The molecular formula is C15H21ClIN3O. The molecule has 1 unspecified atom stereocenters. The topological polar surface area (TPSA) is 44.4 Å². The van der Waals surface area contributed by atoms with Crippen LogP contribution < -0.4 is 10.6 Å². The third kappa shape index (κ3) is 4.31. The predicted molar refractivity (Wildman–Crippen MR) is 96.0 cm³/mol. The summed E-state index contributed by atoms with van der Waals surface area (Å²) in [6.45, 7) is 4.85. The monoisotopic (exact) mass is 421 g/mol. The van der Waals surface area contributed by atoms with Crippen molar-refractivity contribution in [1.29, 1.82) is 0 Å². The number of carbonyl (C=O) groups is 1. The summed E-state index contributed by atoms with van der Waals surface area (Å²) in [5.41, 5.74) is 1.32. The summed E-state index contributed by atoms with van der Waals surface area (Å²) in [7, 11) is 0. The minimum absolute atomic E-state index is 0. The van der Waals surface area contributed by atoms with Gasteiger partial charge in [-0.1, -0.05) is 6.07 Å². The number of hydrogen-bond donors (Lipinski definition) is 2. The molecule has 0 aliphatic carbocycles. The molecule has 4 nitrogen and oxygen atoms in total. The minimum Gasteiger partial charge on any atom is -0.325 e. The zero-order valence-electron chi connectivity index (χ0n) is 11.9. The second-order valence-electron chi connectivity index (χ2n) is 5.95. The van der Waals surface area contributed by atoms with Gasteiger partial charge in [0.15, 0.2) is 0 Å². The zero-order valence-corrected chi connectivity index (χ0v) is 14.9. The Bertz CT molecular complexity index is 505. The van der Waals surface area contributed by atoms with Crippen LogP contribution in [0.25, 0.3) is 0 Å². The SMILES string of the molecule is Cl.O=C(CN1CCC2(CCNC2)C1)Nc1cccc(I)c1. The Hall–Kier alpha value is -0.370. The van der Waals surface area contributed by atoms with Crippen molar-refractivity contribution in [2.24, 2.45) is 5.41 Å². The van der Waals surface area contributed by atoms with Crippen LogP contribution in [-0.4, -0.2) is 43.5 Å². The summed E-state index contributed by atoms with van der Waals surface area (Å²) in [5.74, 6) is 0.0926. The van der Waals surface area contributed by atoms with Crippen molar-refractivity contribution in [2.75, 3.05) is 38.0 Å². The fourth-order valence-electron chi connectivity index (χ4n) is 3.28. The molecule has 1 aromatic carbocycles. The molecule has 3 rings (SSSR count). The van der Waals surface area contributed by atoms with Crippen LogP contribution in [0.3, 0.4) is 0 Å². The van der Waals surface area contributed by atoms with Gasteiger partial charge in [0, 0.05) is 22.3 Å². The maximum absolute atomic E-state index is 12.1. The van der Waals surface area contributed by atoms with Gasteiger partial charge >= 0.3 is 0 Å². The highest BCUT2D eigenvalue weighted by molar-refractivity contribution is 14.1. The van der Waals surface area contributed by atoms with E-state index < -0.39 is 0 Å². The molecule has 1 amide bonds. The Morgan fingerprint density at radius 2 is 2.29 bits per heavy atom. The Balaban J connectivity index is 0.00000161. The normalized spacial score (nSPS) is 25.0. The lowest BCUT2D eigenvalue weighted by Crippen LogP contribution is -2.34. The van der Waals surface area contributed by atoms with E-state index in [0.29, 0.717) is 12.0 Å². The number of hydrogen-bond acceptors (Lipinski definition) is 3. The van der Waals surface area contributed by atoms with Crippen LogP contribution in [0.1, 0.15) is 12.8 Å². The minimum atomic E-state index is 0. The van der Waals surface area contributed by atoms with Gasteiger partial charge < -0.3 is 10.6 Å². The van der Waals surface area contributed by atoms with E-state index in [9.17, 15) is 4.79 Å². The predicted octanol–water partition coefficient (Wildman–Crippen LogP) is 2.34. The van der Waals surface area contributed by atoms with E-state index in [1.165, 1.54) is 12.8 Å². The first-order chi connectivity index (χ1) is 9.65. The standard InChI is InChI=1S/C15H20IN3O.ClH/c16-12-2-1-3-13(8-12)18-14(20)9-19-7-5-15(11-19)4-6-17-10-15;/h1-3,8,17H,4-7,9-11H2,(H,18,20);1H. The fraction of sp³-hybridized carbons (Fsp3) is 0.533. The van der Waals surface area contributed by atoms with Crippen molar-refractivity contribution in [3.05, 3.63) is 27.8 Å². The maximum Gasteiger partial charge on any atom is 0.238 e. The van der Waals surface area contributed by atoms with Gasteiger partial charge in [-0.3, -0.25) is 9.69 Å². The van der Waals surface area contributed by atoms with E-state index in [4.69, 9.17) is 0 Å². The lowest BCUT2D eigenvalue weighted by Gasteiger charge is -2.22. The summed E-state index contributed by atoms with van der Waals surface area (Å²) in [6, 6.07) is 7.91. The van der Waals surface area contributed by atoms with Crippen molar-refractivity contribution in [1.82, 2.24) is 10.2 Å². The number of rotatable bonds is 3. The molecule has 2 aliphatic rings. The van der Waals surface area contributed by atoms with Crippen molar-refractivity contribution in [2.45, 2.75) is 12.8 Å². The van der Waals surface area contributed by atoms with Crippen LogP contribution in [0, 0.1) is 8.99 Å². The molecular weight excluding hydrogens is 401 g/mol. The van der Waals surface area contributed by atoms with Gasteiger partial charge in [0.2, 0.25) is 5.91 Å². The molecule has 0 aromatic heterocycles. The Kier molecular flexibility index (Phi) is 5.88. The smallest absolute Gasteiger partial charge is 0.238 e. The number of anilines is 1. The van der Waals surface area contributed by atoms with Crippen LogP contribution in [0.4, 0.5) is 5.69 Å². The number of likely N-dealkylation sites (tertiary alicyclic amines) is 1. The maximum atomic E-state index is 12.1. The molecule has 2 N–H and O–H groups in total. The molecule has 1 aromatic rings. The molecule has 116 valence electrons. The van der Waals surface area contributed by atoms with Crippen LogP contribution in [0.2, 0.25) is 0 Å². The first-order valence-corrected chi connectivity index (χ1v) is 8.22. The van der Waals surface area contributed by atoms with E-state index >= 15 is 0 Å². The second-order valence-corrected chi connectivity index (χ2v) is 7.19. The van der Waals surface area contributed by atoms with Crippen LogP contribution in [0.5, 0.6) is 0 Å². The molecule has 0 saturated carbocycles. The average molecular weight is 422 g/mol. The van der Waals surface area contributed by atoms with E-state index in [0.717, 1.165) is 35.4 Å². The highest BCUT2D eigenvalue weighted by Crippen LogP contribution is 2.35. The summed E-state index contributed by atoms with van der Waals surface area (Å²) in [4.78, 5) is 14.4. The van der Waals surface area contributed by atoms with Crippen LogP contribution >= 0.6 is 35.0 Å². The van der Waals surface area contributed by atoms with Crippen molar-refractivity contribution in [3.63, 3.8) is 0 Å². The number of benzene rings is 1. The molecule has 1 atom stereocenters. The number of carbonyl (C=O) groups excluding carboxylic acids is 1.